The van der Waals surface area contributed by atoms with E-state index >= 15 is 0 Å². The molecule has 0 aliphatic rings. The zero-order chi connectivity index (χ0) is 16.7. The third-order valence-electron chi connectivity index (χ3n) is 3.27. The average Bonchev–Trinajstić information content (AvgIpc) is 2.55. The van der Waals surface area contributed by atoms with E-state index in [1.54, 1.807) is 24.4 Å². The predicted octanol–water partition coefficient (Wildman–Crippen LogP) is 4.18. The summed E-state index contributed by atoms with van der Waals surface area (Å²) < 4.78 is 0. The topological polar surface area (TPSA) is 54.0 Å². The van der Waals surface area contributed by atoms with Crippen LogP contribution in [0, 0.1) is 0 Å². The molecule has 1 aromatic carbocycles. The second kappa shape index (κ2) is 8.75. The molecule has 2 rings (SSSR count). The van der Waals surface area contributed by atoms with Gasteiger partial charge in [0.15, 0.2) is 0 Å². The Balaban J connectivity index is 1.89. The highest BCUT2D eigenvalue weighted by molar-refractivity contribution is 6.35. The first-order valence-electron chi connectivity index (χ1n) is 7.52. The largest absolute Gasteiger partial charge is 0.385 e. The monoisotopic (exact) mass is 351 g/mol. The van der Waals surface area contributed by atoms with Gasteiger partial charge in [-0.25, -0.2) is 0 Å². The molecular weight excluding hydrogens is 333 g/mol. The quantitative estimate of drug-likeness (QED) is 0.786. The summed E-state index contributed by atoms with van der Waals surface area (Å²) >= 11 is 12.0. The number of hydrogen-bond donors (Lipinski definition) is 2. The Kier molecular flexibility index (Phi) is 6.68. The summed E-state index contributed by atoms with van der Waals surface area (Å²) in [6.45, 7) is 3.43. The lowest BCUT2D eigenvalue weighted by Gasteiger charge is -2.08. The summed E-state index contributed by atoms with van der Waals surface area (Å²) in [5.41, 5.74) is 2.24. The number of amides is 1. The van der Waals surface area contributed by atoms with Gasteiger partial charge in [-0.3, -0.25) is 9.78 Å². The molecule has 1 amide bonds. The summed E-state index contributed by atoms with van der Waals surface area (Å²) in [4.78, 5) is 16.3. The van der Waals surface area contributed by atoms with E-state index in [1.165, 1.54) is 0 Å². The normalized spacial score (nSPS) is 10.4. The number of anilines is 1. The lowest BCUT2D eigenvalue weighted by molar-refractivity contribution is 0.0949. The Labute approximate surface area is 146 Å². The van der Waals surface area contributed by atoms with Crippen LogP contribution in [0.1, 0.15) is 29.4 Å². The first kappa shape index (κ1) is 17.6. The number of nitrogens with zero attached hydrogens (tertiary/aromatic N) is 1. The highest BCUT2D eigenvalue weighted by Gasteiger charge is 2.08. The Hall–Kier alpha value is -1.78. The molecule has 0 fully saturated rings. The van der Waals surface area contributed by atoms with Crippen molar-refractivity contribution in [3.63, 3.8) is 0 Å². The zero-order valence-corrected chi connectivity index (χ0v) is 14.4. The Bertz CT molecular complexity index is 677. The summed E-state index contributed by atoms with van der Waals surface area (Å²) in [6.07, 6.45) is 3.28. The molecule has 0 aliphatic carbocycles. The fraction of sp³-hybridized carbons (Fsp3) is 0.294. The van der Waals surface area contributed by atoms with Gasteiger partial charge in [-0.2, -0.15) is 0 Å². The molecule has 0 aliphatic heterocycles. The molecule has 0 saturated carbocycles. The van der Waals surface area contributed by atoms with Gasteiger partial charge in [0.1, 0.15) is 5.69 Å². The second-order valence-corrected chi connectivity index (χ2v) is 5.94. The van der Waals surface area contributed by atoms with Crippen LogP contribution in [-0.2, 0) is 6.42 Å². The molecular formula is C17H19Cl2N3O. The highest BCUT2D eigenvalue weighted by Crippen LogP contribution is 2.21. The third kappa shape index (κ3) is 5.41. The number of hydrogen-bond acceptors (Lipinski definition) is 3. The summed E-state index contributed by atoms with van der Waals surface area (Å²) in [6, 6.07) is 8.95. The van der Waals surface area contributed by atoms with Crippen LogP contribution in [0.25, 0.3) is 0 Å². The van der Waals surface area contributed by atoms with Gasteiger partial charge in [-0.15, -0.1) is 0 Å². The number of carbonyl (C=O) groups excluding carboxylic acids is 1. The molecule has 0 saturated heterocycles. The van der Waals surface area contributed by atoms with Gasteiger partial charge in [0.05, 0.1) is 0 Å². The van der Waals surface area contributed by atoms with Gasteiger partial charge >= 0.3 is 0 Å². The van der Waals surface area contributed by atoms with E-state index in [4.69, 9.17) is 23.2 Å². The molecule has 122 valence electrons. The van der Waals surface area contributed by atoms with E-state index in [2.05, 4.69) is 22.5 Å². The van der Waals surface area contributed by atoms with Gasteiger partial charge in [-0.1, -0.05) is 36.2 Å². The molecule has 6 heteroatoms. The van der Waals surface area contributed by atoms with Gasteiger partial charge in [0.25, 0.3) is 5.91 Å². The van der Waals surface area contributed by atoms with E-state index in [-0.39, 0.29) is 5.91 Å². The molecule has 2 N–H and O–H groups in total. The molecule has 23 heavy (non-hydrogen) atoms. The Morgan fingerprint density at radius 2 is 2.00 bits per heavy atom. The van der Waals surface area contributed by atoms with Crippen LogP contribution < -0.4 is 10.6 Å². The summed E-state index contributed by atoms with van der Waals surface area (Å²) in [7, 11) is 0. The maximum absolute atomic E-state index is 12.1. The minimum absolute atomic E-state index is 0.199. The summed E-state index contributed by atoms with van der Waals surface area (Å²) in [5, 5.41) is 7.29. The van der Waals surface area contributed by atoms with Crippen molar-refractivity contribution in [1.29, 1.82) is 0 Å². The number of rotatable bonds is 7. The molecule has 1 heterocycles. The lowest BCUT2D eigenvalue weighted by atomic mass is 10.1. The number of pyridine rings is 1. The molecule has 0 atom stereocenters. The smallest absolute Gasteiger partial charge is 0.269 e. The number of carbonyl (C=O) groups is 1. The van der Waals surface area contributed by atoms with Gasteiger partial charge in [0.2, 0.25) is 0 Å². The Morgan fingerprint density at radius 3 is 2.74 bits per heavy atom. The van der Waals surface area contributed by atoms with Crippen LogP contribution in [0.2, 0.25) is 10.0 Å². The van der Waals surface area contributed by atoms with Crippen molar-refractivity contribution in [3.8, 4) is 0 Å². The molecule has 0 spiro atoms. The van der Waals surface area contributed by atoms with E-state index in [9.17, 15) is 4.79 Å². The molecule has 1 aromatic heterocycles. The van der Waals surface area contributed by atoms with Crippen LogP contribution in [0.5, 0.6) is 0 Å². The van der Waals surface area contributed by atoms with Crippen LogP contribution in [0.15, 0.2) is 36.5 Å². The SMILES string of the molecule is CCCNc1ccnc(C(=O)NCCc2ccc(Cl)cc2Cl)c1. The van der Waals surface area contributed by atoms with Gasteiger partial charge < -0.3 is 10.6 Å². The number of halogens is 2. The van der Waals surface area contributed by atoms with Crippen LogP contribution in [0.4, 0.5) is 5.69 Å². The van der Waals surface area contributed by atoms with E-state index < -0.39 is 0 Å². The van der Waals surface area contributed by atoms with Crippen molar-refractivity contribution >= 4 is 34.8 Å². The second-order valence-electron chi connectivity index (χ2n) is 5.10. The molecule has 2 aromatic rings. The van der Waals surface area contributed by atoms with Crippen molar-refractivity contribution in [2.24, 2.45) is 0 Å². The maximum atomic E-state index is 12.1. The van der Waals surface area contributed by atoms with Crippen molar-refractivity contribution in [2.75, 3.05) is 18.4 Å². The van der Waals surface area contributed by atoms with Crippen molar-refractivity contribution < 1.29 is 4.79 Å². The van der Waals surface area contributed by atoms with Crippen LogP contribution in [-0.4, -0.2) is 24.0 Å². The van der Waals surface area contributed by atoms with E-state index in [0.29, 0.717) is 28.7 Å². The third-order valence-corrected chi connectivity index (χ3v) is 3.85. The highest BCUT2D eigenvalue weighted by atomic mass is 35.5. The predicted molar refractivity (Wildman–Crippen MR) is 95.5 cm³/mol. The Morgan fingerprint density at radius 1 is 1.17 bits per heavy atom. The molecule has 0 bridgehead atoms. The summed E-state index contributed by atoms with van der Waals surface area (Å²) in [5.74, 6) is -0.199. The van der Waals surface area contributed by atoms with Gasteiger partial charge in [-0.05, 0) is 42.7 Å². The average molecular weight is 352 g/mol. The minimum Gasteiger partial charge on any atom is -0.385 e. The van der Waals surface area contributed by atoms with Crippen molar-refractivity contribution in [2.45, 2.75) is 19.8 Å². The molecule has 4 nitrogen and oxygen atoms in total. The standard InChI is InChI=1S/C17H19Cl2N3O/c1-2-7-20-14-6-9-21-16(11-14)17(23)22-8-5-12-3-4-13(18)10-15(12)19/h3-4,6,9-11H,2,5,7-8H2,1H3,(H,20,21)(H,22,23). The number of aromatic nitrogens is 1. The van der Waals surface area contributed by atoms with E-state index in [0.717, 1.165) is 24.2 Å². The first-order valence-corrected chi connectivity index (χ1v) is 8.27. The fourth-order valence-electron chi connectivity index (χ4n) is 2.06. The van der Waals surface area contributed by atoms with Crippen LogP contribution in [0.3, 0.4) is 0 Å². The number of nitrogens with one attached hydrogen (secondary N) is 2. The van der Waals surface area contributed by atoms with Crippen LogP contribution >= 0.6 is 23.2 Å². The number of benzene rings is 1. The fourth-order valence-corrected chi connectivity index (χ4v) is 2.56. The minimum atomic E-state index is -0.199. The first-order chi connectivity index (χ1) is 11.1. The lowest BCUT2D eigenvalue weighted by Crippen LogP contribution is -2.26. The maximum Gasteiger partial charge on any atom is 0.269 e. The van der Waals surface area contributed by atoms with Crippen molar-refractivity contribution in [3.05, 3.63) is 57.8 Å². The molecule has 0 unspecified atom stereocenters. The van der Waals surface area contributed by atoms with Gasteiger partial charge in [0, 0.05) is 35.0 Å². The van der Waals surface area contributed by atoms with Crippen molar-refractivity contribution in [1.82, 2.24) is 10.3 Å². The molecule has 0 radical (unpaired) electrons. The zero-order valence-electron chi connectivity index (χ0n) is 12.9. The van der Waals surface area contributed by atoms with E-state index in [1.807, 2.05) is 12.1 Å².